The number of nitrogens with one attached hydrogen (secondary N) is 1. The van der Waals surface area contributed by atoms with Gasteiger partial charge in [-0.3, -0.25) is 9.97 Å². The van der Waals surface area contributed by atoms with E-state index in [4.69, 9.17) is 4.98 Å². The zero-order chi connectivity index (χ0) is 14.7. The van der Waals surface area contributed by atoms with Crippen molar-refractivity contribution in [3.63, 3.8) is 0 Å². The first-order valence-electron chi connectivity index (χ1n) is 7.16. The van der Waals surface area contributed by atoms with Gasteiger partial charge in [0, 0.05) is 29.4 Å². The van der Waals surface area contributed by atoms with Crippen LogP contribution in [0.15, 0.2) is 30.6 Å². The molecule has 5 heteroatoms. The molecule has 0 aliphatic heterocycles. The molecule has 0 amide bonds. The third-order valence-corrected chi connectivity index (χ3v) is 4.53. The number of thiazole rings is 1. The minimum Gasteiger partial charge on any atom is -0.312 e. The van der Waals surface area contributed by atoms with E-state index in [-0.39, 0.29) is 0 Å². The molecule has 3 aromatic rings. The highest BCUT2D eigenvalue weighted by molar-refractivity contribution is 7.15. The Hall–Kier alpha value is -1.85. The lowest BCUT2D eigenvalue weighted by atomic mass is 10.2. The average molecular weight is 298 g/mol. The summed E-state index contributed by atoms with van der Waals surface area (Å²) in [6.07, 6.45) is 4.58. The topological polar surface area (TPSA) is 50.7 Å². The third-order valence-electron chi connectivity index (χ3n) is 3.32. The van der Waals surface area contributed by atoms with E-state index in [1.165, 1.54) is 4.88 Å². The normalized spacial score (nSPS) is 11.1. The van der Waals surface area contributed by atoms with Crippen LogP contribution in [-0.4, -0.2) is 21.5 Å². The van der Waals surface area contributed by atoms with Crippen LogP contribution < -0.4 is 5.32 Å². The molecule has 0 aliphatic carbocycles. The van der Waals surface area contributed by atoms with Gasteiger partial charge >= 0.3 is 0 Å². The fourth-order valence-electron chi connectivity index (χ4n) is 2.19. The maximum absolute atomic E-state index is 4.70. The molecule has 1 N–H and O–H groups in total. The molecule has 0 saturated carbocycles. The summed E-state index contributed by atoms with van der Waals surface area (Å²) in [5.74, 6) is 0. The fourth-order valence-corrected chi connectivity index (χ4v) is 3.22. The van der Waals surface area contributed by atoms with Crippen molar-refractivity contribution in [2.24, 2.45) is 0 Å². The minimum absolute atomic E-state index is 0.894. The number of fused-ring (bicyclic) bond motifs is 1. The highest BCUT2D eigenvalue weighted by Crippen LogP contribution is 2.29. The lowest BCUT2D eigenvalue weighted by molar-refractivity contribution is 0.678. The molecule has 2 aromatic heterocycles. The van der Waals surface area contributed by atoms with Crippen molar-refractivity contribution in [2.45, 2.75) is 26.8 Å². The molecule has 3 rings (SSSR count). The first-order valence-corrected chi connectivity index (χ1v) is 7.97. The maximum Gasteiger partial charge on any atom is 0.123 e. The lowest BCUT2D eigenvalue weighted by Crippen LogP contribution is -2.13. The second-order valence-corrected chi connectivity index (χ2v) is 6.05. The second-order valence-electron chi connectivity index (χ2n) is 4.96. The van der Waals surface area contributed by atoms with Crippen molar-refractivity contribution in [2.75, 3.05) is 6.54 Å². The second kappa shape index (κ2) is 6.28. The molecule has 0 bridgehead atoms. The Bertz CT molecular complexity index is 751. The van der Waals surface area contributed by atoms with Crippen molar-refractivity contribution < 1.29 is 0 Å². The summed E-state index contributed by atoms with van der Waals surface area (Å²) in [7, 11) is 0. The number of nitrogens with zero attached hydrogens (tertiary/aromatic N) is 3. The largest absolute Gasteiger partial charge is 0.312 e. The van der Waals surface area contributed by atoms with Crippen LogP contribution in [-0.2, 0) is 6.54 Å². The van der Waals surface area contributed by atoms with Crippen LogP contribution in [0.2, 0.25) is 0 Å². The Morgan fingerprint density at radius 3 is 2.76 bits per heavy atom. The third kappa shape index (κ3) is 3.09. The molecule has 108 valence electrons. The molecule has 0 spiro atoms. The van der Waals surface area contributed by atoms with E-state index in [0.717, 1.165) is 46.8 Å². The van der Waals surface area contributed by atoms with E-state index in [1.807, 2.05) is 6.07 Å². The molecule has 4 nitrogen and oxygen atoms in total. The van der Waals surface area contributed by atoms with Gasteiger partial charge < -0.3 is 5.32 Å². The summed E-state index contributed by atoms with van der Waals surface area (Å²) in [6.45, 7) is 6.18. The number of hydrogen-bond donors (Lipinski definition) is 1. The molecular formula is C16H18N4S. The highest BCUT2D eigenvalue weighted by Gasteiger charge is 2.10. The van der Waals surface area contributed by atoms with E-state index < -0.39 is 0 Å². The number of hydrogen-bond acceptors (Lipinski definition) is 5. The Labute approximate surface area is 128 Å². The predicted octanol–water partition coefficient (Wildman–Crippen LogP) is 3.56. The van der Waals surface area contributed by atoms with Gasteiger partial charge in [0.05, 0.1) is 16.7 Å². The Morgan fingerprint density at radius 1 is 1.14 bits per heavy atom. The fraction of sp³-hybridized carbons (Fsp3) is 0.312. The highest BCUT2D eigenvalue weighted by atomic mass is 32.1. The summed E-state index contributed by atoms with van der Waals surface area (Å²) in [5.41, 5.74) is 4.04. The number of benzene rings is 1. The van der Waals surface area contributed by atoms with Crippen molar-refractivity contribution >= 4 is 22.4 Å². The van der Waals surface area contributed by atoms with Crippen molar-refractivity contribution in [3.8, 4) is 10.6 Å². The summed E-state index contributed by atoms with van der Waals surface area (Å²) in [4.78, 5) is 14.7. The van der Waals surface area contributed by atoms with Crippen LogP contribution in [0.4, 0.5) is 0 Å². The molecule has 21 heavy (non-hydrogen) atoms. The van der Waals surface area contributed by atoms with E-state index in [2.05, 4.69) is 41.3 Å². The zero-order valence-corrected chi connectivity index (χ0v) is 13.1. The van der Waals surface area contributed by atoms with Gasteiger partial charge in [0.25, 0.3) is 0 Å². The van der Waals surface area contributed by atoms with Gasteiger partial charge in [-0.25, -0.2) is 4.98 Å². The molecule has 0 saturated heterocycles. The molecule has 2 heterocycles. The molecule has 0 atom stereocenters. The first kappa shape index (κ1) is 14.1. The van der Waals surface area contributed by atoms with Gasteiger partial charge in [-0.2, -0.15) is 0 Å². The van der Waals surface area contributed by atoms with Gasteiger partial charge in [-0.1, -0.05) is 6.92 Å². The Balaban J connectivity index is 1.89. The Kier molecular flexibility index (Phi) is 4.22. The summed E-state index contributed by atoms with van der Waals surface area (Å²) in [5, 5.41) is 4.48. The van der Waals surface area contributed by atoms with Crippen LogP contribution in [0.3, 0.4) is 0 Å². The number of aromatic nitrogens is 3. The van der Waals surface area contributed by atoms with Gasteiger partial charge in [0.2, 0.25) is 0 Å². The van der Waals surface area contributed by atoms with Crippen molar-refractivity contribution in [1.29, 1.82) is 0 Å². The molecule has 0 aliphatic rings. The smallest absolute Gasteiger partial charge is 0.123 e. The minimum atomic E-state index is 0.894. The van der Waals surface area contributed by atoms with Crippen LogP contribution in [0, 0.1) is 6.92 Å². The van der Waals surface area contributed by atoms with Crippen LogP contribution >= 0.6 is 11.3 Å². The summed E-state index contributed by atoms with van der Waals surface area (Å²) >= 11 is 1.75. The average Bonchev–Trinajstić information content (AvgIpc) is 2.88. The lowest BCUT2D eigenvalue weighted by Gasteiger charge is -2.00. The van der Waals surface area contributed by atoms with Gasteiger partial charge in [-0.05, 0) is 38.1 Å². The molecule has 0 radical (unpaired) electrons. The molecule has 0 unspecified atom stereocenters. The van der Waals surface area contributed by atoms with Gasteiger partial charge in [0.1, 0.15) is 5.01 Å². The van der Waals surface area contributed by atoms with Crippen LogP contribution in [0.25, 0.3) is 21.6 Å². The standard InChI is InChI=1S/C16H18N4S/c1-3-6-17-10-15-11(2)20-16(21-15)12-4-5-13-14(9-12)19-8-7-18-13/h4-5,7-9,17H,3,6,10H2,1-2H3. The van der Waals surface area contributed by atoms with E-state index in [9.17, 15) is 0 Å². The van der Waals surface area contributed by atoms with Gasteiger partial charge in [-0.15, -0.1) is 11.3 Å². The number of rotatable bonds is 5. The van der Waals surface area contributed by atoms with E-state index >= 15 is 0 Å². The maximum atomic E-state index is 4.70. The quantitative estimate of drug-likeness (QED) is 0.732. The van der Waals surface area contributed by atoms with Gasteiger partial charge in [0.15, 0.2) is 0 Å². The van der Waals surface area contributed by atoms with Crippen LogP contribution in [0.5, 0.6) is 0 Å². The predicted molar refractivity (Wildman–Crippen MR) is 87.4 cm³/mol. The van der Waals surface area contributed by atoms with E-state index in [1.54, 1.807) is 23.7 Å². The van der Waals surface area contributed by atoms with Crippen molar-refractivity contribution in [1.82, 2.24) is 20.3 Å². The summed E-state index contributed by atoms with van der Waals surface area (Å²) < 4.78 is 0. The summed E-state index contributed by atoms with van der Waals surface area (Å²) in [6, 6.07) is 6.13. The van der Waals surface area contributed by atoms with Crippen molar-refractivity contribution in [3.05, 3.63) is 41.2 Å². The zero-order valence-electron chi connectivity index (χ0n) is 12.3. The molecular weight excluding hydrogens is 280 g/mol. The number of aryl methyl sites for hydroxylation is 1. The SMILES string of the molecule is CCCNCc1sc(-c2ccc3nccnc3c2)nc1C. The first-order chi connectivity index (χ1) is 10.3. The Morgan fingerprint density at radius 2 is 1.95 bits per heavy atom. The van der Waals surface area contributed by atoms with E-state index in [0.29, 0.717) is 0 Å². The molecule has 0 fully saturated rings. The molecule has 1 aromatic carbocycles. The van der Waals surface area contributed by atoms with Crippen LogP contribution in [0.1, 0.15) is 23.9 Å². The monoisotopic (exact) mass is 298 g/mol.